The van der Waals surface area contributed by atoms with E-state index in [0.717, 1.165) is 5.69 Å². The summed E-state index contributed by atoms with van der Waals surface area (Å²) in [4.78, 5) is 26.0. The number of nitrogens with zero attached hydrogens (tertiary/aromatic N) is 1. The molecule has 1 saturated heterocycles. The second-order valence-corrected chi connectivity index (χ2v) is 6.19. The molecule has 7 nitrogen and oxygen atoms in total. The van der Waals surface area contributed by atoms with Gasteiger partial charge < -0.3 is 25.4 Å². The Balaban J connectivity index is 2.08. The molecule has 0 aliphatic carbocycles. The van der Waals surface area contributed by atoms with E-state index in [1.165, 1.54) is 6.92 Å². The maximum absolute atomic E-state index is 12.0. The van der Waals surface area contributed by atoms with Crippen LogP contribution in [0.1, 0.15) is 20.8 Å². The third kappa shape index (κ3) is 4.94. The predicted molar refractivity (Wildman–Crippen MR) is 92.0 cm³/mol. The molecule has 0 aromatic heterocycles. The predicted octanol–water partition coefficient (Wildman–Crippen LogP) is 0.736. The lowest BCUT2D eigenvalue weighted by Gasteiger charge is -2.37. The van der Waals surface area contributed by atoms with Crippen LogP contribution in [0.5, 0.6) is 0 Å². The van der Waals surface area contributed by atoms with Gasteiger partial charge in [-0.05, 0) is 32.9 Å². The smallest absolute Gasteiger partial charge is 0.313 e. The van der Waals surface area contributed by atoms with Crippen LogP contribution in [0.15, 0.2) is 24.3 Å². The first-order valence-electron chi connectivity index (χ1n) is 8.13. The lowest BCUT2D eigenvalue weighted by atomic mass is 10.1. The summed E-state index contributed by atoms with van der Waals surface area (Å²) in [5.41, 5.74) is 1.44. The van der Waals surface area contributed by atoms with Crippen molar-refractivity contribution in [3.05, 3.63) is 24.3 Å². The number of hydrogen-bond donors (Lipinski definition) is 3. The molecule has 24 heavy (non-hydrogen) atoms. The number of amides is 2. The fourth-order valence-corrected chi connectivity index (χ4v) is 2.73. The number of para-hydroxylation sites is 2. The van der Waals surface area contributed by atoms with Crippen molar-refractivity contribution in [3.8, 4) is 0 Å². The van der Waals surface area contributed by atoms with Crippen molar-refractivity contribution >= 4 is 23.2 Å². The number of benzene rings is 1. The molecule has 1 aromatic carbocycles. The lowest BCUT2D eigenvalue weighted by molar-refractivity contribution is -0.136. The zero-order chi connectivity index (χ0) is 17.7. The molecule has 1 aromatic rings. The summed E-state index contributed by atoms with van der Waals surface area (Å²) >= 11 is 0. The number of morpholine rings is 1. The molecule has 3 atom stereocenters. The van der Waals surface area contributed by atoms with E-state index in [9.17, 15) is 14.7 Å². The summed E-state index contributed by atoms with van der Waals surface area (Å²) in [5.74, 6) is -1.52. The van der Waals surface area contributed by atoms with Gasteiger partial charge in [0.1, 0.15) is 0 Å². The second kappa shape index (κ2) is 8.12. The fourth-order valence-electron chi connectivity index (χ4n) is 2.73. The standard InChI is InChI=1S/C17H25N3O4/c1-11(21)8-18-16(22)17(23)19-14-6-4-5-7-15(14)20-9-12(2)24-13(3)10-20/h4-7,11-13,21H,8-10H2,1-3H3,(H,18,22)(H,19,23)/t11-,12+,13+/m0/s1. The number of carbonyl (C=O) groups excluding carboxylic acids is 2. The van der Waals surface area contributed by atoms with E-state index in [4.69, 9.17) is 4.74 Å². The third-order valence-corrected chi connectivity index (χ3v) is 3.68. The molecule has 1 aliphatic heterocycles. The number of carbonyl (C=O) groups is 2. The SMILES string of the molecule is C[C@H](O)CNC(=O)C(=O)Nc1ccccc1N1C[C@@H](C)O[C@H](C)C1. The first kappa shape index (κ1) is 18.2. The molecule has 2 rings (SSSR count). The van der Waals surface area contributed by atoms with Crippen LogP contribution >= 0.6 is 0 Å². The summed E-state index contributed by atoms with van der Waals surface area (Å²) in [6, 6.07) is 7.37. The summed E-state index contributed by atoms with van der Waals surface area (Å²) in [6.45, 7) is 7.01. The topological polar surface area (TPSA) is 90.9 Å². The van der Waals surface area contributed by atoms with Crippen molar-refractivity contribution in [1.82, 2.24) is 5.32 Å². The Morgan fingerprint density at radius 2 is 1.88 bits per heavy atom. The van der Waals surface area contributed by atoms with Crippen LogP contribution in [0.2, 0.25) is 0 Å². The summed E-state index contributed by atoms with van der Waals surface area (Å²) < 4.78 is 5.73. The van der Waals surface area contributed by atoms with Gasteiger partial charge in [-0.2, -0.15) is 0 Å². The van der Waals surface area contributed by atoms with E-state index in [1.54, 1.807) is 12.1 Å². The molecule has 0 spiro atoms. The molecule has 7 heteroatoms. The average Bonchev–Trinajstić information content (AvgIpc) is 2.52. The zero-order valence-corrected chi connectivity index (χ0v) is 14.3. The minimum Gasteiger partial charge on any atom is -0.392 e. The van der Waals surface area contributed by atoms with Gasteiger partial charge in [0, 0.05) is 19.6 Å². The molecule has 0 unspecified atom stereocenters. The van der Waals surface area contributed by atoms with E-state index >= 15 is 0 Å². The van der Waals surface area contributed by atoms with Crippen LogP contribution in [0.4, 0.5) is 11.4 Å². The van der Waals surface area contributed by atoms with Gasteiger partial charge in [-0.1, -0.05) is 12.1 Å². The summed E-state index contributed by atoms with van der Waals surface area (Å²) in [7, 11) is 0. The van der Waals surface area contributed by atoms with Crippen LogP contribution in [0, 0.1) is 0 Å². The number of ether oxygens (including phenoxy) is 1. The second-order valence-electron chi connectivity index (χ2n) is 6.19. The lowest BCUT2D eigenvalue weighted by Crippen LogP contribution is -2.46. The number of hydrogen-bond acceptors (Lipinski definition) is 5. The Labute approximate surface area is 142 Å². The highest BCUT2D eigenvalue weighted by molar-refractivity contribution is 6.39. The van der Waals surface area contributed by atoms with Gasteiger partial charge in [-0.15, -0.1) is 0 Å². The monoisotopic (exact) mass is 335 g/mol. The molecule has 0 saturated carbocycles. The van der Waals surface area contributed by atoms with Gasteiger partial charge in [-0.25, -0.2) is 0 Å². The molecule has 3 N–H and O–H groups in total. The molecule has 1 aliphatic rings. The number of aliphatic hydroxyl groups is 1. The molecule has 0 bridgehead atoms. The van der Waals surface area contributed by atoms with Crippen molar-refractivity contribution in [1.29, 1.82) is 0 Å². The maximum Gasteiger partial charge on any atom is 0.313 e. The van der Waals surface area contributed by atoms with Gasteiger partial charge in [0.05, 0.1) is 29.7 Å². The van der Waals surface area contributed by atoms with Crippen molar-refractivity contribution in [2.24, 2.45) is 0 Å². The quantitative estimate of drug-likeness (QED) is 0.706. The van der Waals surface area contributed by atoms with E-state index in [1.807, 2.05) is 26.0 Å². The minimum atomic E-state index is -0.769. The van der Waals surface area contributed by atoms with E-state index in [-0.39, 0.29) is 18.8 Å². The molecule has 1 fully saturated rings. The largest absolute Gasteiger partial charge is 0.392 e. The van der Waals surface area contributed by atoms with Gasteiger partial charge in [0.25, 0.3) is 0 Å². The first-order chi connectivity index (χ1) is 11.4. The van der Waals surface area contributed by atoms with Crippen molar-refractivity contribution in [2.45, 2.75) is 39.1 Å². The summed E-state index contributed by atoms with van der Waals surface area (Å²) in [6.07, 6.45) is -0.524. The van der Waals surface area contributed by atoms with Crippen LogP contribution < -0.4 is 15.5 Å². The van der Waals surface area contributed by atoms with Crippen molar-refractivity contribution in [3.63, 3.8) is 0 Å². The third-order valence-electron chi connectivity index (χ3n) is 3.68. The highest BCUT2D eigenvalue weighted by atomic mass is 16.5. The molecule has 1 heterocycles. The van der Waals surface area contributed by atoms with Gasteiger partial charge in [0.2, 0.25) is 0 Å². The minimum absolute atomic E-state index is 0.0341. The van der Waals surface area contributed by atoms with Crippen molar-refractivity contribution < 1.29 is 19.4 Å². The van der Waals surface area contributed by atoms with Crippen LogP contribution in [0.3, 0.4) is 0 Å². The highest BCUT2D eigenvalue weighted by Gasteiger charge is 2.25. The normalized spacial score (nSPS) is 21.9. The molecule has 0 radical (unpaired) electrons. The Morgan fingerprint density at radius 3 is 2.50 bits per heavy atom. The molecular weight excluding hydrogens is 310 g/mol. The fraction of sp³-hybridized carbons (Fsp3) is 0.529. The Hall–Kier alpha value is -2.12. The van der Waals surface area contributed by atoms with Crippen LogP contribution in [-0.4, -0.2) is 54.9 Å². The number of aliphatic hydroxyl groups excluding tert-OH is 1. The first-order valence-corrected chi connectivity index (χ1v) is 8.13. The van der Waals surface area contributed by atoms with Crippen LogP contribution in [-0.2, 0) is 14.3 Å². The number of rotatable bonds is 4. The average molecular weight is 335 g/mol. The highest BCUT2D eigenvalue weighted by Crippen LogP contribution is 2.28. The summed E-state index contributed by atoms with van der Waals surface area (Å²) in [5, 5.41) is 14.2. The molecular formula is C17H25N3O4. The van der Waals surface area contributed by atoms with E-state index in [2.05, 4.69) is 15.5 Å². The Morgan fingerprint density at radius 1 is 1.25 bits per heavy atom. The zero-order valence-electron chi connectivity index (χ0n) is 14.3. The van der Waals surface area contributed by atoms with Crippen molar-refractivity contribution in [2.75, 3.05) is 29.9 Å². The maximum atomic E-state index is 12.0. The molecule has 2 amide bonds. The van der Waals surface area contributed by atoms with Crippen LogP contribution in [0.25, 0.3) is 0 Å². The molecule has 132 valence electrons. The van der Waals surface area contributed by atoms with Gasteiger partial charge in [-0.3, -0.25) is 9.59 Å². The van der Waals surface area contributed by atoms with Gasteiger partial charge >= 0.3 is 11.8 Å². The van der Waals surface area contributed by atoms with Gasteiger partial charge in [0.15, 0.2) is 0 Å². The van der Waals surface area contributed by atoms with E-state index in [0.29, 0.717) is 18.8 Å². The van der Waals surface area contributed by atoms with E-state index < -0.39 is 17.9 Å². The Kier molecular flexibility index (Phi) is 6.16. The number of anilines is 2. The Bertz CT molecular complexity index is 581. The number of nitrogens with one attached hydrogen (secondary N) is 2.